The highest BCUT2D eigenvalue weighted by Gasteiger charge is 2.35. The summed E-state index contributed by atoms with van der Waals surface area (Å²) in [6.07, 6.45) is 4.99. The van der Waals surface area contributed by atoms with Crippen LogP contribution in [0, 0.1) is 6.92 Å². The van der Waals surface area contributed by atoms with Gasteiger partial charge in [0, 0.05) is 44.8 Å². The number of rotatable bonds is 7. The van der Waals surface area contributed by atoms with Crippen molar-refractivity contribution in [2.75, 3.05) is 66.1 Å². The molecule has 0 spiro atoms. The van der Waals surface area contributed by atoms with E-state index < -0.39 is 10.0 Å². The molecule has 1 amide bonds. The third-order valence-electron chi connectivity index (χ3n) is 7.66. The Morgan fingerprint density at radius 2 is 1.61 bits per heavy atom. The predicted molar refractivity (Wildman–Crippen MR) is 147 cm³/mol. The number of nitrogens with zero attached hydrogens (tertiary/aromatic N) is 4. The van der Waals surface area contributed by atoms with Gasteiger partial charge in [-0.3, -0.25) is 9.69 Å². The van der Waals surface area contributed by atoms with Crippen molar-refractivity contribution in [2.24, 2.45) is 0 Å². The van der Waals surface area contributed by atoms with Crippen molar-refractivity contribution < 1.29 is 17.9 Å². The maximum Gasteiger partial charge on any atom is 0.248 e. The topological polar surface area (TPSA) is 73.4 Å². The molecule has 3 heterocycles. The van der Waals surface area contributed by atoms with E-state index in [9.17, 15) is 13.2 Å². The summed E-state index contributed by atoms with van der Waals surface area (Å²) in [6.45, 7) is 8.22. The normalized spacial score (nSPS) is 23.1. The van der Waals surface area contributed by atoms with Gasteiger partial charge in [0.25, 0.3) is 0 Å². The second-order valence-corrected chi connectivity index (χ2v) is 11.9. The molecule has 1 atom stereocenters. The number of ether oxygens (including phenoxy) is 1. The Morgan fingerprint density at radius 3 is 2.28 bits per heavy atom. The number of carbonyl (C=O) groups excluding carboxylic acids is 1. The van der Waals surface area contributed by atoms with Gasteiger partial charge in [0.15, 0.2) is 0 Å². The van der Waals surface area contributed by atoms with E-state index in [0.717, 1.165) is 64.1 Å². The van der Waals surface area contributed by atoms with Crippen molar-refractivity contribution in [2.45, 2.75) is 56.0 Å². The highest BCUT2D eigenvalue weighted by atomic mass is 35.5. The van der Waals surface area contributed by atoms with E-state index in [1.165, 1.54) is 12.8 Å². The molecule has 0 N–H and O–H groups in total. The summed E-state index contributed by atoms with van der Waals surface area (Å²) in [5.41, 5.74) is 0.752. The van der Waals surface area contributed by atoms with Crippen LogP contribution < -0.4 is 0 Å². The summed E-state index contributed by atoms with van der Waals surface area (Å²) >= 11 is 0. The Morgan fingerprint density at radius 1 is 0.944 bits per heavy atom. The molecule has 4 rings (SSSR count). The molecule has 0 aromatic heterocycles. The summed E-state index contributed by atoms with van der Waals surface area (Å²) in [5.74, 6) is 0.00662. The lowest BCUT2D eigenvalue weighted by Crippen LogP contribution is -2.54. The Labute approximate surface area is 229 Å². The quantitative estimate of drug-likeness (QED) is 0.507. The minimum Gasteiger partial charge on any atom is -0.370 e. The fourth-order valence-corrected chi connectivity index (χ4v) is 7.41. The van der Waals surface area contributed by atoms with Crippen LogP contribution in [0.5, 0.6) is 0 Å². The molecule has 1 aromatic rings. The first-order valence-corrected chi connectivity index (χ1v) is 14.2. The van der Waals surface area contributed by atoms with E-state index in [0.29, 0.717) is 17.5 Å². The molecule has 206 valence electrons. The van der Waals surface area contributed by atoms with Gasteiger partial charge < -0.3 is 14.5 Å². The van der Waals surface area contributed by atoms with E-state index in [4.69, 9.17) is 4.74 Å². The molecule has 11 heteroatoms. The second kappa shape index (κ2) is 14.3. The first-order chi connectivity index (χ1) is 16.4. The predicted octanol–water partition coefficient (Wildman–Crippen LogP) is 2.64. The van der Waals surface area contributed by atoms with Crippen LogP contribution in [0.2, 0.25) is 0 Å². The molecular formula is C25H42Cl2N4O4S. The molecule has 3 saturated heterocycles. The number of hydrogen-bond acceptors (Lipinski definition) is 6. The molecule has 1 unspecified atom stereocenters. The average molecular weight is 566 g/mol. The Balaban J connectivity index is 0.00000228. The van der Waals surface area contributed by atoms with Gasteiger partial charge in [0.1, 0.15) is 6.61 Å². The van der Waals surface area contributed by atoms with Gasteiger partial charge in [-0.05, 0) is 64.4 Å². The molecule has 3 aliphatic rings. The number of aryl methyl sites for hydroxylation is 1. The van der Waals surface area contributed by atoms with Crippen LogP contribution in [0.3, 0.4) is 0 Å². The summed E-state index contributed by atoms with van der Waals surface area (Å²) < 4.78 is 34.1. The van der Waals surface area contributed by atoms with Crippen LogP contribution >= 0.6 is 24.8 Å². The molecule has 0 saturated carbocycles. The van der Waals surface area contributed by atoms with Gasteiger partial charge in [-0.1, -0.05) is 24.6 Å². The van der Waals surface area contributed by atoms with Crippen LogP contribution in [-0.4, -0.2) is 111 Å². The van der Waals surface area contributed by atoms with E-state index in [1.807, 2.05) is 24.0 Å². The number of amides is 1. The smallest absolute Gasteiger partial charge is 0.248 e. The van der Waals surface area contributed by atoms with Crippen molar-refractivity contribution >= 4 is 40.7 Å². The highest BCUT2D eigenvalue weighted by molar-refractivity contribution is 7.89. The third kappa shape index (κ3) is 7.56. The molecule has 0 bridgehead atoms. The van der Waals surface area contributed by atoms with Crippen LogP contribution in [0.4, 0.5) is 0 Å². The molecule has 36 heavy (non-hydrogen) atoms. The van der Waals surface area contributed by atoms with E-state index >= 15 is 0 Å². The maximum absolute atomic E-state index is 13.3. The lowest BCUT2D eigenvalue weighted by molar-refractivity contribution is -0.138. The van der Waals surface area contributed by atoms with Crippen molar-refractivity contribution in [1.29, 1.82) is 0 Å². The zero-order valence-electron chi connectivity index (χ0n) is 21.5. The number of halogens is 2. The van der Waals surface area contributed by atoms with E-state index in [2.05, 4.69) is 16.8 Å². The molecule has 8 nitrogen and oxygen atoms in total. The maximum atomic E-state index is 13.3. The first kappa shape index (κ1) is 31.3. The molecule has 0 aliphatic carbocycles. The third-order valence-corrected chi connectivity index (χ3v) is 9.77. The largest absolute Gasteiger partial charge is 0.370 e. The van der Waals surface area contributed by atoms with E-state index in [1.54, 1.807) is 16.4 Å². The number of carbonyl (C=O) groups is 1. The summed E-state index contributed by atoms with van der Waals surface area (Å²) in [7, 11) is -1.41. The number of benzene rings is 1. The second-order valence-electron chi connectivity index (χ2n) is 10.00. The van der Waals surface area contributed by atoms with Crippen molar-refractivity contribution in [3.63, 3.8) is 0 Å². The van der Waals surface area contributed by atoms with Gasteiger partial charge in [-0.15, -0.1) is 24.8 Å². The zero-order chi connectivity index (χ0) is 24.1. The minimum atomic E-state index is -3.58. The number of hydrogen-bond donors (Lipinski definition) is 0. The van der Waals surface area contributed by atoms with Gasteiger partial charge in [0.05, 0.1) is 11.5 Å². The van der Waals surface area contributed by atoms with Crippen LogP contribution in [-0.2, 0) is 19.6 Å². The Hall–Kier alpha value is -0.940. The van der Waals surface area contributed by atoms with Crippen LogP contribution in [0.1, 0.15) is 37.7 Å². The van der Waals surface area contributed by atoms with Gasteiger partial charge in [-0.2, -0.15) is 4.31 Å². The number of likely N-dealkylation sites (tertiary alicyclic amines) is 1. The van der Waals surface area contributed by atoms with Crippen LogP contribution in [0.15, 0.2) is 29.2 Å². The molecule has 3 fully saturated rings. The van der Waals surface area contributed by atoms with Crippen molar-refractivity contribution in [1.82, 2.24) is 19.0 Å². The number of piperazine rings is 1. The Kier molecular flexibility index (Phi) is 12.4. The summed E-state index contributed by atoms with van der Waals surface area (Å²) in [4.78, 5) is 19.9. The van der Waals surface area contributed by atoms with Crippen LogP contribution in [0.25, 0.3) is 0 Å². The number of sulfonamides is 1. The van der Waals surface area contributed by atoms with Gasteiger partial charge in [-0.25, -0.2) is 8.42 Å². The lowest BCUT2D eigenvalue weighted by Gasteiger charge is -2.42. The highest BCUT2D eigenvalue weighted by Crippen LogP contribution is 2.27. The SMILES string of the molecule is Cc1ccccc1S(=O)(=O)N1CCCCC1COCC(=O)N1CCN(C2CCN(C)CC2)CC1.Cl.Cl. The van der Waals surface area contributed by atoms with Gasteiger partial charge >= 0.3 is 0 Å². The number of piperidine rings is 2. The molecule has 1 aromatic carbocycles. The van der Waals surface area contributed by atoms with Gasteiger partial charge in [0.2, 0.25) is 15.9 Å². The molecule has 3 aliphatic heterocycles. The fraction of sp³-hybridized carbons (Fsp3) is 0.720. The molecule has 0 radical (unpaired) electrons. The molecular weight excluding hydrogens is 523 g/mol. The minimum absolute atomic E-state index is 0. The standard InChI is InChI=1S/C25H40N4O4S.2ClH/c1-21-7-3-4-9-24(21)34(31,32)29-12-6-5-8-23(29)19-33-20-25(30)28-17-15-27(16-18-28)22-10-13-26(2)14-11-22;;/h3-4,7,9,22-23H,5-6,8,10-20H2,1-2H3;2*1H. The van der Waals surface area contributed by atoms with Crippen molar-refractivity contribution in [3.05, 3.63) is 29.8 Å². The first-order valence-electron chi connectivity index (χ1n) is 12.7. The monoisotopic (exact) mass is 564 g/mol. The fourth-order valence-electron chi connectivity index (χ4n) is 5.50. The summed E-state index contributed by atoms with van der Waals surface area (Å²) in [6, 6.07) is 7.52. The van der Waals surface area contributed by atoms with Crippen molar-refractivity contribution in [3.8, 4) is 0 Å². The average Bonchev–Trinajstić information content (AvgIpc) is 2.85. The Bertz CT molecular complexity index is 936. The summed E-state index contributed by atoms with van der Waals surface area (Å²) in [5, 5.41) is 0. The van der Waals surface area contributed by atoms with E-state index in [-0.39, 0.29) is 50.0 Å². The lowest BCUT2D eigenvalue weighted by atomic mass is 10.0. The zero-order valence-corrected chi connectivity index (χ0v) is 24.0.